The predicted octanol–water partition coefficient (Wildman–Crippen LogP) is 3.40. The molecule has 28 heavy (non-hydrogen) atoms. The molecule has 2 aliphatic rings. The number of hydrogen-bond donors (Lipinski definition) is 1. The van der Waals surface area contributed by atoms with E-state index in [1.165, 1.54) is 29.3 Å². The summed E-state index contributed by atoms with van der Waals surface area (Å²) in [7, 11) is 2.18. The Morgan fingerprint density at radius 1 is 0.964 bits per heavy atom. The van der Waals surface area contributed by atoms with Gasteiger partial charge in [0.15, 0.2) is 0 Å². The minimum absolute atomic E-state index is 0.101. The molecule has 2 amide bonds. The maximum atomic E-state index is 12.8. The Hall–Kier alpha value is -2.27. The first kappa shape index (κ1) is 19.1. The number of piperidine rings is 1. The van der Waals surface area contributed by atoms with Gasteiger partial charge in [0.05, 0.1) is 0 Å². The highest BCUT2D eigenvalue weighted by atomic mass is 16.2. The molecule has 0 radical (unpaired) electrons. The zero-order chi connectivity index (χ0) is 19.5. The van der Waals surface area contributed by atoms with E-state index in [0.29, 0.717) is 5.92 Å². The van der Waals surface area contributed by atoms with Crippen molar-refractivity contribution in [3.63, 3.8) is 0 Å². The Kier molecular flexibility index (Phi) is 5.72. The van der Waals surface area contributed by atoms with Crippen molar-refractivity contribution in [2.24, 2.45) is 5.92 Å². The van der Waals surface area contributed by atoms with Crippen LogP contribution in [0.1, 0.15) is 19.8 Å². The van der Waals surface area contributed by atoms with Gasteiger partial charge in [0.1, 0.15) is 0 Å². The van der Waals surface area contributed by atoms with Gasteiger partial charge in [0.25, 0.3) is 0 Å². The topological polar surface area (TPSA) is 38.8 Å². The fourth-order valence-corrected chi connectivity index (χ4v) is 4.57. The summed E-state index contributed by atoms with van der Waals surface area (Å²) in [5.74, 6) is 0.595. The number of nitrogens with zero attached hydrogens (tertiary/aromatic N) is 3. The van der Waals surface area contributed by atoms with E-state index in [0.717, 1.165) is 39.3 Å². The van der Waals surface area contributed by atoms with Crippen LogP contribution in [0, 0.1) is 5.92 Å². The average Bonchev–Trinajstić information content (AvgIpc) is 2.74. The summed E-state index contributed by atoms with van der Waals surface area (Å²) in [5, 5.41) is 5.83. The van der Waals surface area contributed by atoms with Crippen molar-refractivity contribution in [3.8, 4) is 0 Å². The second-order valence-electron chi connectivity index (χ2n) is 8.35. The summed E-state index contributed by atoms with van der Waals surface area (Å²) in [5.41, 5.74) is 1.28. The smallest absolute Gasteiger partial charge is 0.317 e. The maximum absolute atomic E-state index is 12.8. The van der Waals surface area contributed by atoms with E-state index >= 15 is 0 Å². The standard InChI is InChI=1S/C23H32N4O/c1-18(19-10-12-25(2)13-11-19)24-23(28)27-16-14-26(15-17-27)22-9-5-7-20-6-3-4-8-21(20)22/h3-9,18-19H,10-17H2,1-2H3,(H,24,28)/t18-/m1/s1. The number of nitrogens with one attached hydrogen (secondary N) is 1. The Labute approximate surface area is 168 Å². The lowest BCUT2D eigenvalue weighted by Gasteiger charge is -2.38. The Balaban J connectivity index is 1.33. The molecule has 150 valence electrons. The third kappa shape index (κ3) is 4.09. The van der Waals surface area contributed by atoms with E-state index < -0.39 is 0 Å². The van der Waals surface area contributed by atoms with E-state index in [4.69, 9.17) is 0 Å². The molecular formula is C23H32N4O. The van der Waals surface area contributed by atoms with Crippen LogP contribution in [0.3, 0.4) is 0 Å². The lowest BCUT2D eigenvalue weighted by Crippen LogP contribution is -2.54. The molecule has 0 unspecified atom stereocenters. The zero-order valence-electron chi connectivity index (χ0n) is 17.1. The molecule has 2 aliphatic heterocycles. The molecule has 0 aliphatic carbocycles. The van der Waals surface area contributed by atoms with E-state index in [-0.39, 0.29) is 12.1 Å². The average molecular weight is 381 g/mol. The van der Waals surface area contributed by atoms with E-state index in [1.807, 2.05) is 4.90 Å². The summed E-state index contributed by atoms with van der Waals surface area (Å²) < 4.78 is 0. The number of carbonyl (C=O) groups excluding carboxylic acids is 1. The Morgan fingerprint density at radius 3 is 2.39 bits per heavy atom. The molecule has 5 heteroatoms. The second kappa shape index (κ2) is 8.39. The van der Waals surface area contributed by atoms with Crippen LogP contribution in [0.4, 0.5) is 10.5 Å². The number of likely N-dealkylation sites (tertiary alicyclic amines) is 1. The van der Waals surface area contributed by atoms with Crippen molar-refractivity contribution in [3.05, 3.63) is 42.5 Å². The summed E-state index contributed by atoms with van der Waals surface area (Å²) in [6.45, 7) is 7.74. The quantitative estimate of drug-likeness (QED) is 0.887. The van der Waals surface area contributed by atoms with Gasteiger partial charge < -0.3 is 20.0 Å². The van der Waals surface area contributed by atoms with Crippen LogP contribution in [0.15, 0.2) is 42.5 Å². The van der Waals surface area contributed by atoms with Crippen LogP contribution in [-0.4, -0.2) is 68.2 Å². The van der Waals surface area contributed by atoms with Gasteiger partial charge >= 0.3 is 6.03 Å². The van der Waals surface area contributed by atoms with Gasteiger partial charge in [-0.05, 0) is 57.3 Å². The lowest BCUT2D eigenvalue weighted by molar-refractivity contribution is 0.167. The number of carbonyl (C=O) groups is 1. The van der Waals surface area contributed by atoms with Gasteiger partial charge in [-0.15, -0.1) is 0 Å². The van der Waals surface area contributed by atoms with Gasteiger partial charge in [0.2, 0.25) is 0 Å². The first-order chi connectivity index (χ1) is 13.6. The fraction of sp³-hybridized carbons (Fsp3) is 0.522. The van der Waals surface area contributed by atoms with Gasteiger partial charge in [-0.1, -0.05) is 36.4 Å². The van der Waals surface area contributed by atoms with Crippen LogP contribution in [0.25, 0.3) is 10.8 Å². The fourth-order valence-electron chi connectivity index (χ4n) is 4.57. The minimum atomic E-state index is 0.101. The van der Waals surface area contributed by atoms with Crippen molar-refractivity contribution in [1.29, 1.82) is 0 Å². The molecule has 2 heterocycles. The summed E-state index contributed by atoms with van der Waals surface area (Å²) in [6, 6.07) is 15.4. The number of benzene rings is 2. The van der Waals surface area contributed by atoms with E-state index in [1.54, 1.807) is 0 Å². The number of fused-ring (bicyclic) bond motifs is 1. The highest BCUT2D eigenvalue weighted by Gasteiger charge is 2.27. The molecule has 1 N–H and O–H groups in total. The maximum Gasteiger partial charge on any atom is 0.317 e. The number of piperazine rings is 1. The first-order valence-corrected chi connectivity index (χ1v) is 10.6. The van der Waals surface area contributed by atoms with Crippen molar-refractivity contribution < 1.29 is 4.79 Å². The largest absolute Gasteiger partial charge is 0.367 e. The van der Waals surface area contributed by atoms with E-state index in [9.17, 15) is 4.79 Å². The molecule has 1 atom stereocenters. The minimum Gasteiger partial charge on any atom is -0.367 e. The van der Waals surface area contributed by atoms with E-state index in [2.05, 4.69) is 71.6 Å². The summed E-state index contributed by atoms with van der Waals surface area (Å²) >= 11 is 0. The Morgan fingerprint density at radius 2 is 1.64 bits per heavy atom. The summed E-state index contributed by atoms with van der Waals surface area (Å²) in [6.07, 6.45) is 2.35. The highest BCUT2D eigenvalue weighted by molar-refractivity contribution is 5.94. The third-order valence-electron chi connectivity index (χ3n) is 6.50. The molecule has 2 aromatic rings. The monoisotopic (exact) mass is 380 g/mol. The number of urea groups is 1. The first-order valence-electron chi connectivity index (χ1n) is 10.6. The number of rotatable bonds is 3. The zero-order valence-corrected chi connectivity index (χ0v) is 17.1. The number of amides is 2. The van der Waals surface area contributed by atoms with Crippen molar-refractivity contribution in [2.45, 2.75) is 25.8 Å². The number of anilines is 1. The lowest BCUT2D eigenvalue weighted by atomic mass is 9.90. The van der Waals surface area contributed by atoms with Crippen molar-refractivity contribution in [1.82, 2.24) is 15.1 Å². The molecule has 5 nitrogen and oxygen atoms in total. The molecule has 4 rings (SSSR count). The van der Waals surface area contributed by atoms with Crippen LogP contribution in [-0.2, 0) is 0 Å². The molecule has 2 aromatic carbocycles. The van der Waals surface area contributed by atoms with Crippen LogP contribution < -0.4 is 10.2 Å². The number of hydrogen-bond acceptors (Lipinski definition) is 3. The van der Waals surface area contributed by atoms with Gasteiger partial charge in [0, 0.05) is 43.3 Å². The molecule has 0 saturated carbocycles. The third-order valence-corrected chi connectivity index (χ3v) is 6.50. The molecule has 0 spiro atoms. The van der Waals surface area contributed by atoms with Crippen molar-refractivity contribution >= 4 is 22.5 Å². The molecule has 0 aromatic heterocycles. The van der Waals surface area contributed by atoms with Gasteiger partial charge in [-0.2, -0.15) is 0 Å². The normalized spacial score (nSPS) is 20.4. The Bertz CT molecular complexity index is 802. The second-order valence-corrected chi connectivity index (χ2v) is 8.35. The molecule has 0 bridgehead atoms. The van der Waals surface area contributed by atoms with Crippen molar-refractivity contribution in [2.75, 3.05) is 51.2 Å². The molecular weight excluding hydrogens is 348 g/mol. The van der Waals surface area contributed by atoms with Crippen LogP contribution in [0.2, 0.25) is 0 Å². The van der Waals surface area contributed by atoms with Gasteiger partial charge in [-0.3, -0.25) is 0 Å². The van der Waals surface area contributed by atoms with Gasteiger partial charge in [-0.25, -0.2) is 4.79 Å². The predicted molar refractivity (Wildman–Crippen MR) is 116 cm³/mol. The highest BCUT2D eigenvalue weighted by Crippen LogP contribution is 2.27. The summed E-state index contributed by atoms with van der Waals surface area (Å²) in [4.78, 5) is 19.5. The van der Waals surface area contributed by atoms with Crippen LogP contribution >= 0.6 is 0 Å². The molecule has 2 saturated heterocycles. The molecule has 2 fully saturated rings. The van der Waals surface area contributed by atoms with Crippen LogP contribution in [0.5, 0.6) is 0 Å². The SMILES string of the molecule is C[C@@H](NC(=O)N1CCN(c2cccc3ccccc23)CC1)C1CCN(C)CC1.